The molecule has 5 nitrogen and oxygen atoms in total. The van der Waals surface area contributed by atoms with Crippen LogP contribution in [0.25, 0.3) is 0 Å². The van der Waals surface area contributed by atoms with Crippen molar-refractivity contribution >= 4 is 5.97 Å². The van der Waals surface area contributed by atoms with E-state index in [0.29, 0.717) is 11.3 Å². The highest BCUT2D eigenvalue weighted by Crippen LogP contribution is 2.23. The van der Waals surface area contributed by atoms with Crippen LogP contribution in [0.3, 0.4) is 0 Å². The van der Waals surface area contributed by atoms with E-state index in [0.717, 1.165) is 0 Å². The SMILES string of the molecule is COC(=O)c1cccnc1Oc1ccc(C#N)cc1. The summed E-state index contributed by atoms with van der Waals surface area (Å²) in [6, 6.07) is 11.7. The number of ether oxygens (including phenoxy) is 2. The Morgan fingerprint density at radius 2 is 2.00 bits per heavy atom. The van der Waals surface area contributed by atoms with Crippen molar-refractivity contribution in [1.29, 1.82) is 5.26 Å². The van der Waals surface area contributed by atoms with Gasteiger partial charge >= 0.3 is 5.97 Å². The van der Waals surface area contributed by atoms with Gasteiger partial charge in [0.2, 0.25) is 5.88 Å². The minimum absolute atomic E-state index is 0.166. The maximum atomic E-state index is 11.5. The van der Waals surface area contributed by atoms with Gasteiger partial charge in [-0.1, -0.05) is 0 Å². The van der Waals surface area contributed by atoms with E-state index < -0.39 is 5.97 Å². The van der Waals surface area contributed by atoms with Gasteiger partial charge < -0.3 is 9.47 Å². The molecule has 19 heavy (non-hydrogen) atoms. The molecule has 0 N–H and O–H groups in total. The molecule has 0 spiro atoms. The molecule has 0 radical (unpaired) electrons. The van der Waals surface area contributed by atoms with Crippen LogP contribution < -0.4 is 4.74 Å². The molecule has 0 aliphatic carbocycles. The number of hydrogen-bond donors (Lipinski definition) is 0. The lowest BCUT2D eigenvalue weighted by Crippen LogP contribution is -2.04. The number of hydrogen-bond acceptors (Lipinski definition) is 5. The van der Waals surface area contributed by atoms with Gasteiger partial charge in [0.25, 0.3) is 0 Å². The van der Waals surface area contributed by atoms with Gasteiger partial charge in [-0.25, -0.2) is 9.78 Å². The van der Waals surface area contributed by atoms with Crippen molar-refractivity contribution < 1.29 is 14.3 Å². The van der Waals surface area contributed by atoms with Gasteiger partial charge in [-0.05, 0) is 36.4 Å². The summed E-state index contributed by atoms with van der Waals surface area (Å²) in [5.74, 6) is 0.138. The summed E-state index contributed by atoms with van der Waals surface area (Å²) in [5, 5.41) is 8.70. The molecule has 1 aromatic heterocycles. The Balaban J connectivity index is 2.28. The Morgan fingerprint density at radius 1 is 1.26 bits per heavy atom. The van der Waals surface area contributed by atoms with E-state index in [1.165, 1.54) is 13.3 Å². The fourth-order valence-corrected chi connectivity index (χ4v) is 1.45. The van der Waals surface area contributed by atoms with E-state index in [1.807, 2.05) is 6.07 Å². The van der Waals surface area contributed by atoms with Gasteiger partial charge in [-0.15, -0.1) is 0 Å². The normalized spacial score (nSPS) is 9.47. The molecule has 5 heteroatoms. The highest BCUT2D eigenvalue weighted by atomic mass is 16.5. The fraction of sp³-hybridized carbons (Fsp3) is 0.0714. The number of aromatic nitrogens is 1. The second-order valence-electron chi connectivity index (χ2n) is 3.59. The quantitative estimate of drug-likeness (QED) is 0.787. The number of benzene rings is 1. The van der Waals surface area contributed by atoms with Gasteiger partial charge in [0.05, 0.1) is 18.7 Å². The van der Waals surface area contributed by atoms with Crippen LogP contribution in [0.15, 0.2) is 42.6 Å². The first-order valence-corrected chi connectivity index (χ1v) is 5.46. The summed E-state index contributed by atoms with van der Waals surface area (Å²) < 4.78 is 10.2. The first-order valence-electron chi connectivity index (χ1n) is 5.46. The van der Waals surface area contributed by atoms with Crippen LogP contribution >= 0.6 is 0 Å². The molecular formula is C14H10N2O3. The molecule has 2 rings (SSSR count). The van der Waals surface area contributed by atoms with Crippen molar-refractivity contribution in [2.75, 3.05) is 7.11 Å². The number of pyridine rings is 1. The van der Waals surface area contributed by atoms with Crippen LogP contribution in [-0.2, 0) is 4.74 Å². The Bertz CT molecular complexity index is 630. The lowest BCUT2D eigenvalue weighted by atomic mass is 10.2. The maximum Gasteiger partial charge on any atom is 0.343 e. The minimum atomic E-state index is -0.517. The maximum absolute atomic E-state index is 11.5. The third-order valence-electron chi connectivity index (χ3n) is 2.37. The summed E-state index contributed by atoms with van der Waals surface area (Å²) in [6.07, 6.45) is 1.52. The molecule has 0 fully saturated rings. The number of carbonyl (C=O) groups excluding carboxylic acids is 1. The molecule has 0 amide bonds. The smallest absolute Gasteiger partial charge is 0.343 e. The van der Waals surface area contributed by atoms with Crippen LogP contribution in [0, 0.1) is 11.3 Å². The third kappa shape index (κ3) is 2.87. The fourth-order valence-electron chi connectivity index (χ4n) is 1.45. The third-order valence-corrected chi connectivity index (χ3v) is 2.37. The predicted molar refractivity (Wildman–Crippen MR) is 66.8 cm³/mol. The molecule has 1 heterocycles. The number of methoxy groups -OCH3 is 1. The van der Waals surface area contributed by atoms with Crippen LogP contribution in [0.4, 0.5) is 0 Å². The number of esters is 1. The molecule has 2 aromatic rings. The van der Waals surface area contributed by atoms with Gasteiger partial charge in [0.1, 0.15) is 11.3 Å². The zero-order chi connectivity index (χ0) is 13.7. The molecule has 0 atom stereocenters. The lowest BCUT2D eigenvalue weighted by molar-refractivity contribution is 0.0597. The van der Waals surface area contributed by atoms with Gasteiger partial charge in [0.15, 0.2) is 0 Å². The summed E-state index contributed by atoms with van der Waals surface area (Å²) in [5.41, 5.74) is 0.774. The number of nitriles is 1. The lowest BCUT2D eigenvalue weighted by Gasteiger charge is -2.08. The van der Waals surface area contributed by atoms with Crippen LogP contribution in [-0.4, -0.2) is 18.1 Å². The van der Waals surface area contributed by atoms with Crippen molar-refractivity contribution in [1.82, 2.24) is 4.98 Å². The van der Waals surface area contributed by atoms with Crippen LogP contribution in [0.5, 0.6) is 11.6 Å². The summed E-state index contributed by atoms with van der Waals surface area (Å²) in [6.45, 7) is 0. The monoisotopic (exact) mass is 254 g/mol. The zero-order valence-electron chi connectivity index (χ0n) is 10.2. The van der Waals surface area contributed by atoms with E-state index in [2.05, 4.69) is 9.72 Å². The topological polar surface area (TPSA) is 72.2 Å². The Kier molecular flexibility index (Phi) is 3.74. The van der Waals surface area contributed by atoms with E-state index >= 15 is 0 Å². The zero-order valence-corrected chi connectivity index (χ0v) is 10.2. The molecule has 0 unspecified atom stereocenters. The average Bonchev–Trinajstić information content (AvgIpc) is 2.48. The predicted octanol–water partition coefficient (Wildman–Crippen LogP) is 2.53. The molecular weight excluding hydrogens is 244 g/mol. The number of rotatable bonds is 3. The van der Waals surface area contributed by atoms with E-state index in [-0.39, 0.29) is 11.4 Å². The van der Waals surface area contributed by atoms with E-state index in [1.54, 1.807) is 36.4 Å². The van der Waals surface area contributed by atoms with Crippen molar-refractivity contribution in [3.8, 4) is 17.7 Å². The van der Waals surface area contributed by atoms with Crippen molar-refractivity contribution in [3.63, 3.8) is 0 Å². The van der Waals surface area contributed by atoms with Gasteiger partial charge in [0, 0.05) is 6.20 Å². The average molecular weight is 254 g/mol. The second-order valence-corrected chi connectivity index (χ2v) is 3.59. The summed E-state index contributed by atoms with van der Waals surface area (Å²) in [4.78, 5) is 15.5. The highest BCUT2D eigenvalue weighted by molar-refractivity contribution is 5.91. The second kappa shape index (κ2) is 5.65. The van der Waals surface area contributed by atoms with E-state index in [9.17, 15) is 4.79 Å². The molecule has 0 saturated heterocycles. The molecule has 0 aliphatic heterocycles. The Hall–Kier alpha value is -2.87. The first kappa shape index (κ1) is 12.6. The minimum Gasteiger partial charge on any atom is -0.465 e. The molecule has 0 aliphatic rings. The Morgan fingerprint density at radius 3 is 2.63 bits per heavy atom. The summed E-state index contributed by atoms with van der Waals surface area (Å²) in [7, 11) is 1.29. The standard InChI is InChI=1S/C14H10N2O3/c1-18-14(17)12-3-2-8-16-13(12)19-11-6-4-10(9-15)5-7-11/h2-8H,1H3. The van der Waals surface area contributed by atoms with Crippen molar-refractivity contribution in [3.05, 3.63) is 53.7 Å². The van der Waals surface area contributed by atoms with Crippen LogP contribution in [0.1, 0.15) is 15.9 Å². The number of nitrogens with zero attached hydrogens (tertiary/aromatic N) is 2. The number of carbonyl (C=O) groups is 1. The summed E-state index contributed by atoms with van der Waals surface area (Å²) >= 11 is 0. The largest absolute Gasteiger partial charge is 0.465 e. The molecule has 0 saturated carbocycles. The van der Waals surface area contributed by atoms with Gasteiger partial charge in [-0.3, -0.25) is 0 Å². The highest BCUT2D eigenvalue weighted by Gasteiger charge is 2.14. The van der Waals surface area contributed by atoms with Gasteiger partial charge in [-0.2, -0.15) is 5.26 Å². The van der Waals surface area contributed by atoms with E-state index in [4.69, 9.17) is 10.00 Å². The van der Waals surface area contributed by atoms with Crippen molar-refractivity contribution in [2.24, 2.45) is 0 Å². The van der Waals surface area contributed by atoms with Crippen molar-refractivity contribution in [2.45, 2.75) is 0 Å². The molecule has 1 aromatic carbocycles. The first-order chi connectivity index (χ1) is 9.24. The molecule has 0 bridgehead atoms. The van der Waals surface area contributed by atoms with Crippen LogP contribution in [0.2, 0.25) is 0 Å². The Labute approximate surface area is 110 Å². The molecule has 94 valence electrons.